The second-order valence-corrected chi connectivity index (χ2v) is 6.88. The largest absolute Gasteiger partial charge is 0.288 e. The molecule has 1 N–H and O–H groups in total. The van der Waals surface area contributed by atoms with Gasteiger partial charge in [0.05, 0.1) is 4.90 Å². The molecule has 0 unspecified atom stereocenters. The van der Waals surface area contributed by atoms with Crippen molar-refractivity contribution in [1.82, 2.24) is 19.3 Å². The average molecular weight is 346 g/mol. The van der Waals surface area contributed by atoms with E-state index in [-0.39, 0.29) is 11.4 Å². The predicted octanol–water partition coefficient (Wildman–Crippen LogP) is 2.19. The zero-order valence-electron chi connectivity index (χ0n) is 12.8. The number of rotatable bonds is 5. The van der Waals surface area contributed by atoms with Gasteiger partial charge in [-0.05, 0) is 37.3 Å². The summed E-state index contributed by atoms with van der Waals surface area (Å²) in [6.07, 6.45) is 5.04. The lowest BCUT2D eigenvalue weighted by Crippen LogP contribution is -2.24. The first-order valence-electron chi connectivity index (χ1n) is 7.17. The van der Waals surface area contributed by atoms with Crippen molar-refractivity contribution >= 4 is 10.0 Å². The Morgan fingerprint density at radius 1 is 1.12 bits per heavy atom. The summed E-state index contributed by atoms with van der Waals surface area (Å²) >= 11 is 0. The summed E-state index contributed by atoms with van der Waals surface area (Å²) in [5, 5.41) is 0. The zero-order chi connectivity index (χ0) is 17.2. The maximum Gasteiger partial charge on any atom is 0.240 e. The van der Waals surface area contributed by atoms with E-state index in [2.05, 4.69) is 14.7 Å². The van der Waals surface area contributed by atoms with Gasteiger partial charge in [-0.2, -0.15) is 0 Å². The number of nitrogens with zero attached hydrogens (tertiary/aromatic N) is 3. The predicted molar refractivity (Wildman–Crippen MR) is 86.5 cm³/mol. The molecule has 0 aliphatic carbocycles. The SMILES string of the molecule is Cc1nccn1-c1ncccc1CNS(=O)(=O)c1ccc(F)cc1. The van der Waals surface area contributed by atoms with Crippen LogP contribution in [0, 0.1) is 12.7 Å². The molecule has 3 rings (SSSR count). The quantitative estimate of drug-likeness (QED) is 0.768. The summed E-state index contributed by atoms with van der Waals surface area (Å²) in [6.45, 7) is 1.89. The number of halogens is 1. The van der Waals surface area contributed by atoms with Gasteiger partial charge in [0, 0.05) is 30.7 Å². The van der Waals surface area contributed by atoms with Gasteiger partial charge in [-0.15, -0.1) is 0 Å². The molecule has 0 bridgehead atoms. The minimum atomic E-state index is -3.74. The highest BCUT2D eigenvalue weighted by atomic mass is 32.2. The molecule has 3 aromatic rings. The molecule has 0 fully saturated rings. The van der Waals surface area contributed by atoms with E-state index in [1.165, 1.54) is 12.1 Å². The Kier molecular flexibility index (Phi) is 4.41. The fourth-order valence-electron chi connectivity index (χ4n) is 2.26. The Morgan fingerprint density at radius 3 is 2.54 bits per heavy atom. The second-order valence-electron chi connectivity index (χ2n) is 5.11. The number of hydrogen-bond donors (Lipinski definition) is 1. The Bertz CT molecular complexity index is 952. The third-order valence-corrected chi connectivity index (χ3v) is 4.92. The number of imidazole rings is 1. The topological polar surface area (TPSA) is 76.9 Å². The fraction of sp³-hybridized carbons (Fsp3) is 0.125. The molecule has 0 radical (unpaired) electrons. The lowest BCUT2D eigenvalue weighted by Gasteiger charge is -2.12. The molecule has 124 valence electrons. The number of hydrogen-bond acceptors (Lipinski definition) is 4. The molecule has 0 aliphatic rings. The monoisotopic (exact) mass is 346 g/mol. The third kappa shape index (κ3) is 3.34. The Labute approximate surface area is 139 Å². The van der Waals surface area contributed by atoms with E-state index >= 15 is 0 Å². The van der Waals surface area contributed by atoms with Crippen LogP contribution in [0.25, 0.3) is 5.82 Å². The van der Waals surface area contributed by atoms with E-state index in [1.807, 2.05) is 6.92 Å². The van der Waals surface area contributed by atoms with Gasteiger partial charge in [0.2, 0.25) is 10.0 Å². The van der Waals surface area contributed by atoms with Crippen LogP contribution in [0.3, 0.4) is 0 Å². The van der Waals surface area contributed by atoms with Crippen LogP contribution in [0.1, 0.15) is 11.4 Å². The third-order valence-electron chi connectivity index (χ3n) is 3.50. The van der Waals surface area contributed by atoms with E-state index in [1.54, 1.807) is 35.3 Å². The summed E-state index contributed by atoms with van der Waals surface area (Å²) in [5.74, 6) is 0.865. The highest BCUT2D eigenvalue weighted by Crippen LogP contribution is 2.15. The van der Waals surface area contributed by atoms with Crippen molar-refractivity contribution in [2.45, 2.75) is 18.4 Å². The Balaban J connectivity index is 1.85. The number of pyridine rings is 1. The molecule has 0 saturated carbocycles. The van der Waals surface area contributed by atoms with Crippen molar-refractivity contribution in [3.63, 3.8) is 0 Å². The average Bonchev–Trinajstić information content (AvgIpc) is 3.00. The molecule has 0 spiro atoms. The van der Waals surface area contributed by atoms with Crippen LogP contribution in [0.5, 0.6) is 0 Å². The van der Waals surface area contributed by atoms with Crippen LogP contribution in [0.4, 0.5) is 4.39 Å². The van der Waals surface area contributed by atoms with Gasteiger partial charge in [-0.25, -0.2) is 27.5 Å². The van der Waals surface area contributed by atoms with Crippen molar-refractivity contribution in [3.8, 4) is 5.82 Å². The van der Waals surface area contributed by atoms with E-state index in [4.69, 9.17) is 0 Å². The van der Waals surface area contributed by atoms with Crippen LogP contribution in [-0.2, 0) is 16.6 Å². The number of sulfonamides is 1. The first-order valence-corrected chi connectivity index (χ1v) is 8.65. The lowest BCUT2D eigenvalue weighted by molar-refractivity contribution is 0.580. The van der Waals surface area contributed by atoms with Crippen molar-refractivity contribution in [1.29, 1.82) is 0 Å². The molecule has 0 aliphatic heterocycles. The maximum absolute atomic E-state index is 12.9. The Hall–Kier alpha value is -2.58. The summed E-state index contributed by atoms with van der Waals surface area (Å²) in [7, 11) is -3.74. The first-order chi connectivity index (χ1) is 11.5. The highest BCUT2D eigenvalue weighted by molar-refractivity contribution is 7.89. The zero-order valence-corrected chi connectivity index (χ0v) is 13.7. The normalized spacial score (nSPS) is 11.6. The molecule has 2 aromatic heterocycles. The summed E-state index contributed by atoms with van der Waals surface area (Å²) in [5.41, 5.74) is 0.698. The van der Waals surface area contributed by atoms with Gasteiger partial charge in [0.15, 0.2) is 0 Å². The molecule has 0 amide bonds. The van der Waals surface area contributed by atoms with Crippen LogP contribution in [-0.4, -0.2) is 23.0 Å². The van der Waals surface area contributed by atoms with Crippen LogP contribution >= 0.6 is 0 Å². The van der Waals surface area contributed by atoms with Crippen molar-refractivity contribution in [3.05, 3.63) is 72.2 Å². The molecule has 8 heteroatoms. The van der Waals surface area contributed by atoms with E-state index in [0.717, 1.165) is 18.0 Å². The number of benzene rings is 1. The molecule has 24 heavy (non-hydrogen) atoms. The van der Waals surface area contributed by atoms with Crippen LogP contribution in [0.15, 0.2) is 59.9 Å². The maximum atomic E-state index is 12.9. The molecular formula is C16H15FN4O2S. The molecule has 2 heterocycles. The van der Waals surface area contributed by atoms with Crippen molar-refractivity contribution in [2.75, 3.05) is 0 Å². The first kappa shape index (κ1) is 16.3. The van der Waals surface area contributed by atoms with E-state index in [0.29, 0.717) is 11.4 Å². The fourth-order valence-corrected chi connectivity index (χ4v) is 3.26. The van der Waals surface area contributed by atoms with Crippen molar-refractivity contribution < 1.29 is 12.8 Å². The van der Waals surface area contributed by atoms with Gasteiger partial charge in [0.25, 0.3) is 0 Å². The Morgan fingerprint density at radius 2 is 1.88 bits per heavy atom. The van der Waals surface area contributed by atoms with Gasteiger partial charge in [-0.3, -0.25) is 4.57 Å². The molecule has 6 nitrogen and oxygen atoms in total. The van der Waals surface area contributed by atoms with Gasteiger partial charge in [-0.1, -0.05) is 6.07 Å². The molecular weight excluding hydrogens is 331 g/mol. The number of nitrogens with one attached hydrogen (secondary N) is 1. The van der Waals surface area contributed by atoms with Gasteiger partial charge >= 0.3 is 0 Å². The summed E-state index contributed by atoms with van der Waals surface area (Å²) in [6, 6.07) is 8.19. The van der Waals surface area contributed by atoms with E-state index < -0.39 is 15.8 Å². The second kappa shape index (κ2) is 6.50. The minimum absolute atomic E-state index is 0.00755. The van der Waals surface area contributed by atoms with Crippen molar-refractivity contribution in [2.24, 2.45) is 0 Å². The summed E-state index contributed by atoms with van der Waals surface area (Å²) < 4.78 is 41.8. The molecule has 0 atom stereocenters. The number of aromatic nitrogens is 3. The molecule has 0 saturated heterocycles. The summed E-state index contributed by atoms with van der Waals surface area (Å²) in [4.78, 5) is 8.46. The molecule has 1 aromatic carbocycles. The smallest absolute Gasteiger partial charge is 0.240 e. The standard InChI is InChI=1S/C16H15FN4O2S/c1-12-18-9-10-21(12)16-13(3-2-8-19-16)11-20-24(22,23)15-6-4-14(17)5-7-15/h2-10,20H,11H2,1H3. The minimum Gasteiger partial charge on any atom is -0.288 e. The lowest BCUT2D eigenvalue weighted by atomic mass is 10.2. The number of aryl methyl sites for hydroxylation is 1. The van der Waals surface area contributed by atoms with Gasteiger partial charge in [0.1, 0.15) is 17.5 Å². The van der Waals surface area contributed by atoms with Gasteiger partial charge < -0.3 is 0 Å². The van der Waals surface area contributed by atoms with Crippen LogP contribution < -0.4 is 4.72 Å². The van der Waals surface area contributed by atoms with E-state index in [9.17, 15) is 12.8 Å². The highest BCUT2D eigenvalue weighted by Gasteiger charge is 2.15. The van der Waals surface area contributed by atoms with Crippen LogP contribution in [0.2, 0.25) is 0 Å².